The van der Waals surface area contributed by atoms with Crippen molar-refractivity contribution in [1.29, 1.82) is 0 Å². The molecule has 1 amide bonds. The Morgan fingerprint density at radius 3 is 2.58 bits per heavy atom. The second kappa shape index (κ2) is 6.86. The van der Waals surface area contributed by atoms with Crippen LogP contribution in [0.3, 0.4) is 0 Å². The van der Waals surface area contributed by atoms with Gasteiger partial charge in [0.25, 0.3) is 5.91 Å². The number of nitrogens with one attached hydrogen (secondary N) is 2. The first-order chi connectivity index (χ1) is 8.90. The minimum atomic E-state index is -0.784. The summed E-state index contributed by atoms with van der Waals surface area (Å²) >= 11 is 0. The van der Waals surface area contributed by atoms with Crippen LogP contribution in [0.15, 0.2) is 0 Å². The highest BCUT2D eigenvalue weighted by Crippen LogP contribution is 2.09. The lowest BCUT2D eigenvalue weighted by molar-refractivity contribution is -0.141. The summed E-state index contributed by atoms with van der Waals surface area (Å²) in [7, 11) is 0. The predicted molar refractivity (Wildman–Crippen MR) is 68.7 cm³/mol. The van der Waals surface area contributed by atoms with E-state index >= 15 is 0 Å². The molecule has 0 fully saturated rings. The van der Waals surface area contributed by atoms with Crippen molar-refractivity contribution in [3.05, 3.63) is 11.6 Å². The summed E-state index contributed by atoms with van der Waals surface area (Å²) in [6.45, 7) is 5.28. The molecule has 7 nitrogen and oxygen atoms in total. The van der Waals surface area contributed by atoms with E-state index in [0.717, 1.165) is 12.8 Å². The Kier molecular flexibility index (Phi) is 5.47. The maximum Gasteiger partial charge on any atom is 0.306 e. The quantitative estimate of drug-likeness (QED) is 0.686. The van der Waals surface area contributed by atoms with Crippen molar-refractivity contribution in [2.75, 3.05) is 0 Å². The molecular weight excluding hydrogens is 248 g/mol. The van der Waals surface area contributed by atoms with E-state index in [1.807, 2.05) is 6.92 Å². The Balaban J connectivity index is 2.29. The normalized spacial score (nSPS) is 13.8. The van der Waals surface area contributed by atoms with Crippen molar-refractivity contribution >= 4 is 11.9 Å². The van der Waals surface area contributed by atoms with Crippen LogP contribution in [-0.4, -0.2) is 38.2 Å². The highest BCUT2D eigenvalue weighted by Gasteiger charge is 2.15. The summed E-state index contributed by atoms with van der Waals surface area (Å²) < 4.78 is 0. The summed E-state index contributed by atoms with van der Waals surface area (Å²) in [5.41, 5.74) is 0. The summed E-state index contributed by atoms with van der Waals surface area (Å²) in [4.78, 5) is 26.3. The molecule has 19 heavy (non-hydrogen) atoms. The minimum absolute atomic E-state index is 0.0349. The van der Waals surface area contributed by atoms with Crippen LogP contribution in [0.2, 0.25) is 0 Å². The molecule has 2 atom stereocenters. The lowest BCUT2D eigenvalue weighted by atomic mass is 10.0. The molecule has 106 valence electrons. The number of carboxylic acid groups (broad SMARTS) is 1. The van der Waals surface area contributed by atoms with Crippen LogP contribution in [0.4, 0.5) is 0 Å². The summed E-state index contributed by atoms with van der Waals surface area (Å²) in [5, 5.41) is 17.9. The van der Waals surface area contributed by atoms with Crippen molar-refractivity contribution in [3.63, 3.8) is 0 Å². The van der Waals surface area contributed by atoms with Crippen molar-refractivity contribution in [1.82, 2.24) is 20.5 Å². The number of aromatic nitrogens is 3. The van der Waals surface area contributed by atoms with E-state index < -0.39 is 5.97 Å². The number of amides is 1. The molecule has 0 radical (unpaired) electrons. The SMILES string of the molecule is Cc1nc(C(=O)NC(C)CCCC(C)C(=O)O)n[nH]1. The average Bonchev–Trinajstić information content (AvgIpc) is 2.75. The fraction of sp³-hybridized carbons (Fsp3) is 0.667. The van der Waals surface area contributed by atoms with Crippen LogP contribution < -0.4 is 5.32 Å². The summed E-state index contributed by atoms with van der Waals surface area (Å²) in [6.07, 6.45) is 2.09. The lowest BCUT2D eigenvalue weighted by Gasteiger charge is -2.13. The molecule has 7 heteroatoms. The highest BCUT2D eigenvalue weighted by atomic mass is 16.4. The summed E-state index contributed by atoms with van der Waals surface area (Å²) in [5.74, 6) is -0.731. The van der Waals surface area contributed by atoms with Gasteiger partial charge < -0.3 is 10.4 Å². The number of rotatable bonds is 7. The van der Waals surface area contributed by atoms with Crippen molar-refractivity contribution in [3.8, 4) is 0 Å². The van der Waals surface area contributed by atoms with Gasteiger partial charge in [0.2, 0.25) is 5.82 Å². The lowest BCUT2D eigenvalue weighted by Crippen LogP contribution is -2.33. The molecule has 3 N–H and O–H groups in total. The zero-order valence-electron chi connectivity index (χ0n) is 11.4. The van der Waals surface area contributed by atoms with Crippen LogP contribution >= 0.6 is 0 Å². The molecule has 1 heterocycles. The average molecular weight is 268 g/mol. The van der Waals surface area contributed by atoms with Gasteiger partial charge in [0.05, 0.1) is 5.92 Å². The second-order valence-electron chi connectivity index (χ2n) is 4.79. The third-order valence-electron chi connectivity index (χ3n) is 2.87. The molecule has 0 aliphatic carbocycles. The number of carbonyl (C=O) groups excluding carboxylic acids is 1. The van der Waals surface area contributed by atoms with Gasteiger partial charge in [0.1, 0.15) is 5.82 Å². The number of hydrogen-bond acceptors (Lipinski definition) is 4. The zero-order valence-corrected chi connectivity index (χ0v) is 11.4. The van der Waals surface area contributed by atoms with Crippen molar-refractivity contribution < 1.29 is 14.7 Å². The van der Waals surface area contributed by atoms with Gasteiger partial charge in [-0.1, -0.05) is 13.3 Å². The largest absolute Gasteiger partial charge is 0.481 e. The van der Waals surface area contributed by atoms with Gasteiger partial charge in [-0.3, -0.25) is 14.7 Å². The van der Waals surface area contributed by atoms with Crippen molar-refractivity contribution in [2.24, 2.45) is 5.92 Å². The van der Waals surface area contributed by atoms with Crippen LogP contribution in [0, 0.1) is 12.8 Å². The Morgan fingerprint density at radius 2 is 2.05 bits per heavy atom. The Morgan fingerprint density at radius 1 is 1.37 bits per heavy atom. The van der Waals surface area contributed by atoms with E-state index in [9.17, 15) is 9.59 Å². The van der Waals surface area contributed by atoms with Gasteiger partial charge in [0.15, 0.2) is 0 Å². The molecule has 0 saturated heterocycles. The maximum atomic E-state index is 11.7. The van der Waals surface area contributed by atoms with Gasteiger partial charge in [-0.15, -0.1) is 5.10 Å². The van der Waals surface area contributed by atoms with Crippen LogP contribution in [-0.2, 0) is 4.79 Å². The number of H-pyrrole nitrogens is 1. The highest BCUT2D eigenvalue weighted by molar-refractivity contribution is 5.90. The maximum absolute atomic E-state index is 11.7. The standard InChI is InChI=1S/C12H20N4O3/c1-7(12(18)19)5-4-6-8(2)13-11(17)10-14-9(3)15-16-10/h7-8H,4-6H2,1-3H3,(H,13,17)(H,18,19)(H,14,15,16). The van der Waals surface area contributed by atoms with Gasteiger partial charge >= 0.3 is 5.97 Å². The minimum Gasteiger partial charge on any atom is -0.481 e. The number of carbonyl (C=O) groups is 2. The van der Waals surface area contributed by atoms with Crippen LogP contribution in [0.25, 0.3) is 0 Å². The van der Waals surface area contributed by atoms with Gasteiger partial charge in [0, 0.05) is 6.04 Å². The fourth-order valence-corrected chi connectivity index (χ4v) is 1.66. The van der Waals surface area contributed by atoms with Gasteiger partial charge in [-0.05, 0) is 26.7 Å². The third-order valence-corrected chi connectivity index (χ3v) is 2.87. The number of aromatic amines is 1. The Labute approximate surface area is 111 Å². The number of nitrogens with zero attached hydrogens (tertiary/aromatic N) is 2. The monoisotopic (exact) mass is 268 g/mol. The van der Waals surface area contributed by atoms with E-state index in [2.05, 4.69) is 20.5 Å². The number of carboxylic acids is 1. The number of hydrogen-bond donors (Lipinski definition) is 3. The number of aryl methyl sites for hydroxylation is 1. The third kappa shape index (κ3) is 5.07. The molecule has 0 spiro atoms. The first-order valence-electron chi connectivity index (χ1n) is 6.32. The van der Waals surface area contributed by atoms with E-state index in [1.54, 1.807) is 13.8 Å². The first-order valence-corrected chi connectivity index (χ1v) is 6.32. The summed E-state index contributed by atoms with van der Waals surface area (Å²) in [6, 6.07) is -0.0349. The molecule has 1 aromatic rings. The fourth-order valence-electron chi connectivity index (χ4n) is 1.66. The molecule has 0 aliphatic heterocycles. The molecule has 0 saturated carbocycles. The van der Waals surface area contributed by atoms with Crippen molar-refractivity contribution in [2.45, 2.75) is 46.1 Å². The molecule has 1 rings (SSSR count). The van der Waals surface area contributed by atoms with E-state index in [4.69, 9.17) is 5.11 Å². The van der Waals surface area contributed by atoms with E-state index in [-0.39, 0.29) is 23.7 Å². The number of aliphatic carboxylic acids is 1. The molecule has 0 bridgehead atoms. The molecule has 1 aromatic heterocycles. The topological polar surface area (TPSA) is 108 Å². The zero-order chi connectivity index (χ0) is 14.4. The van der Waals surface area contributed by atoms with E-state index in [0.29, 0.717) is 12.2 Å². The predicted octanol–water partition coefficient (Wildman–Crippen LogP) is 1.12. The molecule has 0 aliphatic rings. The van der Waals surface area contributed by atoms with Gasteiger partial charge in [-0.2, -0.15) is 0 Å². The van der Waals surface area contributed by atoms with Crippen LogP contribution in [0.5, 0.6) is 0 Å². The van der Waals surface area contributed by atoms with E-state index in [1.165, 1.54) is 0 Å². The Bertz CT molecular complexity index is 444. The van der Waals surface area contributed by atoms with Gasteiger partial charge in [-0.25, -0.2) is 4.98 Å². The van der Waals surface area contributed by atoms with Crippen LogP contribution in [0.1, 0.15) is 49.6 Å². The molecule has 0 aromatic carbocycles. The molecule has 2 unspecified atom stereocenters. The first kappa shape index (κ1) is 15.1. The smallest absolute Gasteiger partial charge is 0.306 e. The second-order valence-corrected chi connectivity index (χ2v) is 4.79. The molecular formula is C12H20N4O3. The Hall–Kier alpha value is -1.92.